The first-order valence-electron chi connectivity index (χ1n) is 8.39. The number of hydrogen-bond donors (Lipinski definition) is 2. The number of hydrogen-bond acceptors (Lipinski definition) is 6. The number of carbonyl (C=O) groups excluding carboxylic acids is 3. The largest absolute Gasteiger partial charge is 0.448 e. The summed E-state index contributed by atoms with van der Waals surface area (Å²) in [6, 6.07) is 5.26. The van der Waals surface area contributed by atoms with Crippen molar-refractivity contribution in [1.82, 2.24) is 15.6 Å². The molecule has 1 fully saturated rings. The lowest BCUT2D eigenvalue weighted by atomic mass is 10.2. The molecule has 1 atom stereocenters. The molecule has 0 saturated heterocycles. The Kier molecular flexibility index (Phi) is 5.50. The van der Waals surface area contributed by atoms with Crippen LogP contribution in [0.1, 0.15) is 35.1 Å². The zero-order chi connectivity index (χ0) is 19.6. The lowest BCUT2D eigenvalue weighted by molar-refractivity contribution is -0.127. The number of urea groups is 1. The van der Waals surface area contributed by atoms with Gasteiger partial charge in [-0.1, -0.05) is 0 Å². The highest BCUT2D eigenvalue weighted by Crippen LogP contribution is 2.28. The van der Waals surface area contributed by atoms with Crippen LogP contribution in [0.15, 0.2) is 24.3 Å². The van der Waals surface area contributed by atoms with Gasteiger partial charge >= 0.3 is 12.0 Å². The first kappa shape index (κ1) is 19.0. The summed E-state index contributed by atoms with van der Waals surface area (Å²) in [5.74, 6) is -1.77. The molecular formula is C18H18FN3O4S. The Labute approximate surface area is 158 Å². The summed E-state index contributed by atoms with van der Waals surface area (Å²) in [7, 11) is 0. The fourth-order valence-corrected chi connectivity index (χ4v) is 3.19. The van der Waals surface area contributed by atoms with Gasteiger partial charge in [0.2, 0.25) is 0 Å². The summed E-state index contributed by atoms with van der Waals surface area (Å²) in [6.07, 6.45) is 0.652. The van der Waals surface area contributed by atoms with Gasteiger partial charge in [-0.15, -0.1) is 11.3 Å². The number of amides is 3. The number of carbonyl (C=O) groups is 3. The molecular weight excluding hydrogens is 373 g/mol. The maximum atomic E-state index is 13.0. The van der Waals surface area contributed by atoms with Crippen molar-refractivity contribution in [3.63, 3.8) is 0 Å². The van der Waals surface area contributed by atoms with Gasteiger partial charge in [0.1, 0.15) is 15.7 Å². The van der Waals surface area contributed by atoms with Gasteiger partial charge in [-0.3, -0.25) is 10.1 Å². The van der Waals surface area contributed by atoms with E-state index in [0.717, 1.165) is 24.2 Å². The Bertz CT molecular complexity index is 877. The molecule has 0 unspecified atom stereocenters. The van der Waals surface area contributed by atoms with Gasteiger partial charge in [0.15, 0.2) is 6.10 Å². The van der Waals surface area contributed by atoms with E-state index in [-0.39, 0.29) is 16.7 Å². The van der Waals surface area contributed by atoms with Crippen LogP contribution in [-0.4, -0.2) is 35.0 Å². The van der Waals surface area contributed by atoms with E-state index < -0.39 is 24.0 Å². The van der Waals surface area contributed by atoms with Crippen LogP contribution in [0.25, 0.3) is 10.6 Å². The summed E-state index contributed by atoms with van der Waals surface area (Å²) < 4.78 is 18.2. The average Bonchev–Trinajstić information content (AvgIpc) is 3.34. The number of rotatable bonds is 5. The van der Waals surface area contributed by atoms with Gasteiger partial charge in [0.25, 0.3) is 5.91 Å². The minimum absolute atomic E-state index is 0.111. The van der Waals surface area contributed by atoms with Crippen molar-refractivity contribution in [2.45, 2.75) is 38.8 Å². The summed E-state index contributed by atoms with van der Waals surface area (Å²) in [6.45, 7) is 3.03. The molecule has 142 valence electrons. The monoisotopic (exact) mass is 391 g/mol. The zero-order valence-electron chi connectivity index (χ0n) is 14.7. The van der Waals surface area contributed by atoms with E-state index in [0.29, 0.717) is 16.3 Å². The molecule has 1 aromatic carbocycles. The molecule has 2 aromatic rings. The number of aryl methyl sites for hydroxylation is 1. The lowest BCUT2D eigenvalue weighted by Gasteiger charge is -2.12. The molecule has 7 nitrogen and oxygen atoms in total. The van der Waals surface area contributed by atoms with Crippen LogP contribution in [-0.2, 0) is 9.53 Å². The highest BCUT2D eigenvalue weighted by molar-refractivity contribution is 7.17. The number of imide groups is 1. The second-order valence-electron chi connectivity index (χ2n) is 6.22. The molecule has 1 aliphatic carbocycles. The molecule has 1 heterocycles. The number of aromatic nitrogens is 1. The summed E-state index contributed by atoms with van der Waals surface area (Å²) >= 11 is 1.09. The van der Waals surface area contributed by atoms with Gasteiger partial charge in [-0.2, -0.15) is 0 Å². The van der Waals surface area contributed by atoms with E-state index in [2.05, 4.69) is 15.6 Å². The van der Waals surface area contributed by atoms with Crippen LogP contribution in [0, 0.1) is 12.7 Å². The third kappa shape index (κ3) is 4.88. The van der Waals surface area contributed by atoms with E-state index in [1.165, 1.54) is 19.1 Å². The van der Waals surface area contributed by atoms with Gasteiger partial charge in [-0.05, 0) is 51.0 Å². The third-order valence-corrected chi connectivity index (χ3v) is 5.06. The Hall–Kier alpha value is -2.81. The van der Waals surface area contributed by atoms with E-state index in [1.54, 1.807) is 19.1 Å². The minimum Gasteiger partial charge on any atom is -0.448 e. The molecule has 3 rings (SSSR count). The zero-order valence-corrected chi connectivity index (χ0v) is 15.6. The summed E-state index contributed by atoms with van der Waals surface area (Å²) in [5, 5.41) is 5.30. The van der Waals surface area contributed by atoms with Crippen LogP contribution in [0.2, 0.25) is 0 Å². The van der Waals surface area contributed by atoms with Gasteiger partial charge < -0.3 is 10.1 Å². The van der Waals surface area contributed by atoms with Gasteiger partial charge in [0.05, 0.1) is 5.69 Å². The minimum atomic E-state index is -1.14. The van der Waals surface area contributed by atoms with Crippen molar-refractivity contribution in [3.8, 4) is 10.6 Å². The SMILES string of the molecule is Cc1nc(-c2ccc(F)cc2)sc1C(=O)O[C@H](C)C(=O)NC(=O)NC1CC1. The predicted octanol–water partition coefficient (Wildman–Crippen LogP) is 2.79. The number of thiazole rings is 1. The smallest absolute Gasteiger partial charge is 0.351 e. The number of halogens is 1. The number of ether oxygens (including phenoxy) is 1. The highest BCUT2D eigenvalue weighted by atomic mass is 32.1. The average molecular weight is 391 g/mol. The Morgan fingerprint density at radius 2 is 1.93 bits per heavy atom. The van der Waals surface area contributed by atoms with Crippen molar-refractivity contribution in [1.29, 1.82) is 0 Å². The van der Waals surface area contributed by atoms with Crippen LogP contribution in [0.4, 0.5) is 9.18 Å². The molecule has 1 saturated carbocycles. The molecule has 1 aliphatic rings. The summed E-state index contributed by atoms with van der Waals surface area (Å²) in [5.41, 5.74) is 1.12. The quantitative estimate of drug-likeness (QED) is 0.764. The Morgan fingerprint density at radius 3 is 2.56 bits per heavy atom. The van der Waals surface area contributed by atoms with E-state index in [1.807, 2.05) is 0 Å². The Balaban J connectivity index is 1.62. The Morgan fingerprint density at radius 1 is 1.26 bits per heavy atom. The number of benzene rings is 1. The second-order valence-corrected chi connectivity index (χ2v) is 7.22. The topological polar surface area (TPSA) is 97.4 Å². The molecule has 1 aromatic heterocycles. The van der Waals surface area contributed by atoms with Crippen molar-refractivity contribution in [2.75, 3.05) is 0 Å². The maximum absolute atomic E-state index is 13.0. The van der Waals surface area contributed by atoms with E-state index >= 15 is 0 Å². The van der Waals surface area contributed by atoms with Crippen molar-refractivity contribution >= 4 is 29.2 Å². The van der Waals surface area contributed by atoms with Crippen molar-refractivity contribution in [3.05, 3.63) is 40.7 Å². The fourth-order valence-electron chi connectivity index (χ4n) is 2.23. The predicted molar refractivity (Wildman–Crippen MR) is 96.8 cm³/mol. The maximum Gasteiger partial charge on any atom is 0.351 e. The van der Waals surface area contributed by atoms with Gasteiger partial charge in [0, 0.05) is 11.6 Å². The fraction of sp³-hybridized carbons (Fsp3) is 0.333. The first-order chi connectivity index (χ1) is 12.8. The van der Waals surface area contributed by atoms with Crippen LogP contribution < -0.4 is 10.6 Å². The van der Waals surface area contributed by atoms with Gasteiger partial charge in [-0.25, -0.2) is 19.0 Å². The molecule has 0 bridgehead atoms. The number of nitrogens with zero attached hydrogens (tertiary/aromatic N) is 1. The van der Waals surface area contributed by atoms with Crippen LogP contribution in [0.5, 0.6) is 0 Å². The molecule has 27 heavy (non-hydrogen) atoms. The van der Waals surface area contributed by atoms with Crippen molar-refractivity contribution < 1.29 is 23.5 Å². The number of esters is 1. The molecule has 2 N–H and O–H groups in total. The standard InChI is InChI=1S/C18H18FN3O4S/c1-9-14(27-16(20-9)11-3-5-12(19)6-4-11)17(24)26-10(2)15(23)22-18(25)21-13-7-8-13/h3-6,10,13H,7-8H2,1-2H3,(H2,21,22,23,25)/t10-/m1/s1. The van der Waals surface area contributed by atoms with E-state index in [9.17, 15) is 18.8 Å². The highest BCUT2D eigenvalue weighted by Gasteiger charge is 2.27. The normalized spacial score (nSPS) is 14.3. The lowest BCUT2D eigenvalue weighted by Crippen LogP contribution is -2.45. The first-order valence-corrected chi connectivity index (χ1v) is 9.21. The van der Waals surface area contributed by atoms with Crippen molar-refractivity contribution in [2.24, 2.45) is 0 Å². The third-order valence-electron chi connectivity index (χ3n) is 3.88. The second kappa shape index (κ2) is 7.83. The summed E-state index contributed by atoms with van der Waals surface area (Å²) in [4.78, 5) is 40.5. The molecule has 3 amide bonds. The molecule has 0 aliphatic heterocycles. The molecule has 9 heteroatoms. The number of nitrogens with one attached hydrogen (secondary N) is 2. The van der Waals surface area contributed by atoms with Crippen LogP contribution >= 0.6 is 11.3 Å². The van der Waals surface area contributed by atoms with E-state index in [4.69, 9.17) is 4.74 Å². The molecule has 0 radical (unpaired) electrons. The van der Waals surface area contributed by atoms with Crippen LogP contribution in [0.3, 0.4) is 0 Å². The molecule has 0 spiro atoms.